The van der Waals surface area contributed by atoms with Crippen molar-refractivity contribution in [3.05, 3.63) is 45.7 Å². The third-order valence-electron chi connectivity index (χ3n) is 4.37. The standard InChI is InChI=1S/C17H17F3N2O2/c1-2-21-10-13(16(24)22-7-3-4-8-22)15(23)12-9-11(17(18,19)20)5-6-14(12)21/h5-6,9-10H,2-4,7-8H2,1H3. The van der Waals surface area contributed by atoms with Crippen LogP contribution >= 0.6 is 0 Å². The van der Waals surface area contributed by atoms with Gasteiger partial charge in [-0.2, -0.15) is 13.2 Å². The van der Waals surface area contributed by atoms with Crippen LogP contribution in [0.2, 0.25) is 0 Å². The molecule has 0 bridgehead atoms. The van der Waals surface area contributed by atoms with Crippen LogP contribution in [0.5, 0.6) is 0 Å². The molecule has 4 nitrogen and oxygen atoms in total. The van der Waals surface area contributed by atoms with Gasteiger partial charge in [-0.05, 0) is 38.0 Å². The predicted molar refractivity (Wildman–Crippen MR) is 84.0 cm³/mol. The molecule has 7 heteroatoms. The summed E-state index contributed by atoms with van der Waals surface area (Å²) in [5.41, 5.74) is -1.20. The Morgan fingerprint density at radius 1 is 1.21 bits per heavy atom. The molecule has 1 saturated heterocycles. The van der Waals surface area contributed by atoms with Gasteiger partial charge in [-0.25, -0.2) is 0 Å². The monoisotopic (exact) mass is 338 g/mol. The summed E-state index contributed by atoms with van der Waals surface area (Å²) in [6, 6.07) is 3.08. The lowest BCUT2D eigenvalue weighted by molar-refractivity contribution is -0.137. The van der Waals surface area contributed by atoms with Crippen molar-refractivity contribution >= 4 is 16.8 Å². The van der Waals surface area contributed by atoms with E-state index >= 15 is 0 Å². The first-order valence-corrected chi connectivity index (χ1v) is 7.86. The number of halogens is 3. The first-order valence-electron chi connectivity index (χ1n) is 7.86. The van der Waals surface area contributed by atoms with Gasteiger partial charge in [0, 0.05) is 31.2 Å². The predicted octanol–water partition coefficient (Wildman–Crippen LogP) is 3.28. The first kappa shape index (κ1) is 16.5. The van der Waals surface area contributed by atoms with Crippen molar-refractivity contribution in [1.29, 1.82) is 0 Å². The Balaban J connectivity index is 2.22. The molecule has 0 N–H and O–H groups in total. The number of carbonyl (C=O) groups excluding carboxylic acids is 1. The summed E-state index contributed by atoms with van der Waals surface area (Å²) >= 11 is 0. The molecular formula is C17H17F3N2O2. The summed E-state index contributed by atoms with van der Waals surface area (Å²) < 4.78 is 40.5. The molecule has 24 heavy (non-hydrogen) atoms. The van der Waals surface area contributed by atoms with Gasteiger partial charge in [-0.15, -0.1) is 0 Å². The van der Waals surface area contributed by atoms with Crippen molar-refractivity contribution in [2.75, 3.05) is 13.1 Å². The molecule has 0 unspecified atom stereocenters. The SMILES string of the molecule is CCn1cc(C(=O)N2CCCC2)c(=O)c2cc(C(F)(F)F)ccc21. The number of benzene rings is 1. The van der Waals surface area contributed by atoms with Gasteiger partial charge in [0.1, 0.15) is 5.56 Å². The second-order valence-corrected chi connectivity index (χ2v) is 5.89. The van der Waals surface area contributed by atoms with Crippen LogP contribution in [0.15, 0.2) is 29.2 Å². The molecule has 0 radical (unpaired) electrons. The fraction of sp³-hybridized carbons (Fsp3) is 0.412. The van der Waals surface area contributed by atoms with E-state index in [-0.39, 0.29) is 10.9 Å². The van der Waals surface area contributed by atoms with Crippen molar-refractivity contribution in [2.24, 2.45) is 0 Å². The molecule has 3 rings (SSSR count). The van der Waals surface area contributed by atoms with Crippen LogP contribution in [-0.2, 0) is 12.7 Å². The van der Waals surface area contributed by atoms with E-state index in [0.29, 0.717) is 25.2 Å². The van der Waals surface area contributed by atoms with Gasteiger partial charge in [0.15, 0.2) is 0 Å². The maximum Gasteiger partial charge on any atom is 0.416 e. The van der Waals surface area contributed by atoms with Crippen LogP contribution in [-0.4, -0.2) is 28.5 Å². The molecule has 0 saturated carbocycles. The number of pyridine rings is 1. The van der Waals surface area contributed by atoms with Crippen molar-refractivity contribution in [3.8, 4) is 0 Å². The van der Waals surface area contributed by atoms with Crippen molar-refractivity contribution in [1.82, 2.24) is 9.47 Å². The Morgan fingerprint density at radius 2 is 1.88 bits per heavy atom. The lowest BCUT2D eigenvalue weighted by atomic mass is 10.1. The van der Waals surface area contributed by atoms with Gasteiger partial charge >= 0.3 is 6.18 Å². The molecule has 1 amide bonds. The minimum atomic E-state index is -4.54. The van der Waals surface area contributed by atoms with E-state index in [1.54, 1.807) is 9.47 Å². The number of hydrogen-bond donors (Lipinski definition) is 0. The van der Waals surface area contributed by atoms with Crippen LogP contribution in [0.3, 0.4) is 0 Å². The summed E-state index contributed by atoms with van der Waals surface area (Å²) in [5, 5.41) is -0.0725. The quantitative estimate of drug-likeness (QED) is 0.843. The number of fused-ring (bicyclic) bond motifs is 1. The van der Waals surface area contributed by atoms with E-state index in [1.165, 1.54) is 12.3 Å². The molecule has 0 aliphatic carbocycles. The van der Waals surface area contributed by atoms with Gasteiger partial charge in [-0.3, -0.25) is 9.59 Å². The highest BCUT2D eigenvalue weighted by Gasteiger charge is 2.31. The van der Waals surface area contributed by atoms with E-state index in [0.717, 1.165) is 25.0 Å². The highest BCUT2D eigenvalue weighted by Crippen LogP contribution is 2.31. The van der Waals surface area contributed by atoms with Crippen molar-refractivity contribution in [3.63, 3.8) is 0 Å². The Hall–Kier alpha value is -2.31. The number of hydrogen-bond acceptors (Lipinski definition) is 2. The largest absolute Gasteiger partial charge is 0.416 e. The number of aryl methyl sites for hydroxylation is 1. The van der Waals surface area contributed by atoms with Crippen LogP contribution in [0, 0.1) is 0 Å². The van der Waals surface area contributed by atoms with E-state index in [1.807, 2.05) is 6.92 Å². The van der Waals surface area contributed by atoms with E-state index in [2.05, 4.69) is 0 Å². The Morgan fingerprint density at radius 3 is 2.46 bits per heavy atom. The summed E-state index contributed by atoms with van der Waals surface area (Å²) in [4.78, 5) is 26.8. The minimum absolute atomic E-state index is 0.0643. The molecule has 0 spiro atoms. The zero-order chi connectivity index (χ0) is 17.5. The van der Waals surface area contributed by atoms with Gasteiger partial charge < -0.3 is 9.47 Å². The van der Waals surface area contributed by atoms with Gasteiger partial charge in [0.2, 0.25) is 5.43 Å². The van der Waals surface area contributed by atoms with Crippen LogP contribution in [0.4, 0.5) is 13.2 Å². The molecule has 2 heterocycles. The van der Waals surface area contributed by atoms with E-state index in [9.17, 15) is 22.8 Å². The first-order chi connectivity index (χ1) is 11.3. The molecular weight excluding hydrogens is 321 g/mol. The summed E-state index contributed by atoms with van der Waals surface area (Å²) in [7, 11) is 0. The smallest absolute Gasteiger partial charge is 0.347 e. The number of amides is 1. The number of carbonyl (C=O) groups is 1. The molecule has 1 aromatic carbocycles. The number of alkyl halides is 3. The fourth-order valence-corrected chi connectivity index (χ4v) is 3.08. The van der Waals surface area contributed by atoms with Crippen LogP contribution < -0.4 is 5.43 Å². The normalized spacial score (nSPS) is 15.2. The van der Waals surface area contributed by atoms with Gasteiger partial charge in [0.05, 0.1) is 11.1 Å². The van der Waals surface area contributed by atoms with Crippen molar-refractivity contribution in [2.45, 2.75) is 32.5 Å². The molecule has 1 aliphatic rings. The maximum absolute atomic E-state index is 13.0. The lowest BCUT2D eigenvalue weighted by Crippen LogP contribution is -2.32. The summed E-state index contributed by atoms with van der Waals surface area (Å²) in [6.07, 6.45) is -1.33. The zero-order valence-electron chi connectivity index (χ0n) is 13.2. The zero-order valence-corrected chi connectivity index (χ0v) is 13.2. The number of aromatic nitrogens is 1. The molecule has 1 aliphatic heterocycles. The molecule has 0 atom stereocenters. The van der Waals surface area contributed by atoms with Crippen LogP contribution in [0.25, 0.3) is 10.9 Å². The highest BCUT2D eigenvalue weighted by atomic mass is 19.4. The van der Waals surface area contributed by atoms with E-state index < -0.39 is 23.1 Å². The molecule has 1 fully saturated rings. The fourth-order valence-electron chi connectivity index (χ4n) is 3.08. The molecule has 128 valence electrons. The number of rotatable bonds is 2. The van der Waals surface area contributed by atoms with Crippen LogP contribution in [0.1, 0.15) is 35.7 Å². The number of nitrogens with zero attached hydrogens (tertiary/aromatic N) is 2. The third-order valence-corrected chi connectivity index (χ3v) is 4.37. The second-order valence-electron chi connectivity index (χ2n) is 5.89. The Kier molecular flexibility index (Phi) is 4.11. The Bertz CT molecular complexity index is 849. The van der Waals surface area contributed by atoms with E-state index in [4.69, 9.17) is 0 Å². The lowest BCUT2D eigenvalue weighted by Gasteiger charge is -2.17. The summed E-state index contributed by atoms with van der Waals surface area (Å²) in [6.45, 7) is 3.41. The number of likely N-dealkylation sites (tertiary alicyclic amines) is 1. The molecule has 2 aromatic rings. The third kappa shape index (κ3) is 2.79. The average Bonchev–Trinajstić information content (AvgIpc) is 3.08. The summed E-state index contributed by atoms with van der Waals surface area (Å²) in [5.74, 6) is -0.404. The van der Waals surface area contributed by atoms with Gasteiger partial charge in [0.25, 0.3) is 5.91 Å². The topological polar surface area (TPSA) is 42.3 Å². The van der Waals surface area contributed by atoms with Crippen molar-refractivity contribution < 1.29 is 18.0 Å². The average molecular weight is 338 g/mol. The maximum atomic E-state index is 13.0. The van der Waals surface area contributed by atoms with Gasteiger partial charge in [-0.1, -0.05) is 0 Å². The molecule has 1 aromatic heterocycles. The second kappa shape index (κ2) is 5.96. The minimum Gasteiger partial charge on any atom is -0.347 e. The Labute approximate surface area is 136 Å². The highest BCUT2D eigenvalue weighted by molar-refractivity contribution is 5.97.